The Labute approximate surface area is 241 Å². The van der Waals surface area contributed by atoms with Gasteiger partial charge < -0.3 is 14.3 Å². The summed E-state index contributed by atoms with van der Waals surface area (Å²) in [5.74, 6) is -0.296. The van der Waals surface area contributed by atoms with Gasteiger partial charge in [-0.1, -0.05) is 112 Å². The molecule has 3 aromatic carbocycles. The van der Waals surface area contributed by atoms with Crippen LogP contribution in [-0.4, -0.2) is 31.6 Å². The number of ether oxygens (including phenoxy) is 1. The van der Waals surface area contributed by atoms with E-state index >= 15 is 0 Å². The van der Waals surface area contributed by atoms with Gasteiger partial charge in [-0.2, -0.15) is 0 Å². The summed E-state index contributed by atoms with van der Waals surface area (Å²) in [6.07, 6.45) is 4.04. The van der Waals surface area contributed by atoms with E-state index in [1.165, 1.54) is 20.5 Å². The van der Waals surface area contributed by atoms with Crippen molar-refractivity contribution in [3.63, 3.8) is 0 Å². The maximum Gasteiger partial charge on any atom is 0.306 e. The van der Waals surface area contributed by atoms with Crippen LogP contribution in [0.3, 0.4) is 0 Å². The molecule has 2 aliphatic rings. The third-order valence-corrected chi connectivity index (χ3v) is 14.7. The second-order valence-electron chi connectivity index (χ2n) is 12.0. The standard InChI is InChI=1S/C34H36O4SSi/c1-34(2,3)40(24-13-6-4-7-14-24,25-15-8-5-9-16-25)38-29(32-20-23-12-10-11-17-31(23)39-32)19-18-26-27-21-33(36)37-30(27)22-28(26)35/h4-20,26-30,35H,21-22H2,1-3H3/t26-,27-,28-,29-,30+/m1/s1. The minimum absolute atomic E-state index is 0.00896. The van der Waals surface area contributed by atoms with Gasteiger partial charge in [-0.15, -0.1) is 11.3 Å². The summed E-state index contributed by atoms with van der Waals surface area (Å²) in [6, 6.07) is 32.0. The number of benzene rings is 3. The molecule has 0 spiro atoms. The van der Waals surface area contributed by atoms with Gasteiger partial charge in [0.1, 0.15) is 6.10 Å². The summed E-state index contributed by atoms with van der Waals surface area (Å²) in [5, 5.41) is 14.4. The molecule has 4 nitrogen and oxygen atoms in total. The van der Waals surface area contributed by atoms with Crippen LogP contribution in [0.25, 0.3) is 10.1 Å². The topological polar surface area (TPSA) is 55.8 Å². The van der Waals surface area contributed by atoms with E-state index in [-0.39, 0.29) is 35.1 Å². The van der Waals surface area contributed by atoms with Crippen LogP contribution in [0.5, 0.6) is 0 Å². The Balaban J connectivity index is 1.48. The number of hydrogen-bond donors (Lipinski definition) is 1. The molecular formula is C34H36O4SSi. The van der Waals surface area contributed by atoms with E-state index in [1.807, 2.05) is 0 Å². The van der Waals surface area contributed by atoms with Gasteiger partial charge in [0.25, 0.3) is 8.32 Å². The van der Waals surface area contributed by atoms with E-state index in [0.717, 1.165) is 4.88 Å². The third-order valence-electron chi connectivity index (χ3n) is 8.53. The average molecular weight is 569 g/mol. The summed E-state index contributed by atoms with van der Waals surface area (Å²) < 4.78 is 14.3. The van der Waals surface area contributed by atoms with E-state index in [1.54, 1.807) is 11.3 Å². The molecule has 0 bridgehead atoms. The lowest BCUT2D eigenvalue weighted by Crippen LogP contribution is -2.66. The van der Waals surface area contributed by atoms with Crippen LogP contribution in [0.15, 0.2) is 103 Å². The van der Waals surface area contributed by atoms with Crippen molar-refractivity contribution in [3.8, 4) is 0 Å². The molecular weight excluding hydrogens is 533 g/mol. The molecule has 0 amide bonds. The molecule has 2 fully saturated rings. The number of aliphatic hydroxyl groups is 1. The van der Waals surface area contributed by atoms with Crippen molar-refractivity contribution in [2.45, 2.75) is 57.0 Å². The van der Waals surface area contributed by atoms with Crippen LogP contribution >= 0.6 is 11.3 Å². The lowest BCUT2D eigenvalue weighted by Gasteiger charge is -2.44. The molecule has 1 aliphatic carbocycles. The molecule has 1 N–H and O–H groups in total. The lowest BCUT2D eigenvalue weighted by atomic mass is 9.91. The summed E-state index contributed by atoms with van der Waals surface area (Å²) in [4.78, 5) is 13.2. The first-order valence-corrected chi connectivity index (χ1v) is 16.8. The van der Waals surface area contributed by atoms with Gasteiger partial charge in [0.2, 0.25) is 0 Å². The number of carbonyl (C=O) groups excluding carboxylic acids is 1. The lowest BCUT2D eigenvalue weighted by molar-refractivity contribution is -0.141. The Kier molecular flexibility index (Phi) is 7.30. The number of fused-ring (bicyclic) bond motifs is 2. The van der Waals surface area contributed by atoms with Gasteiger partial charge >= 0.3 is 5.97 Å². The first-order valence-electron chi connectivity index (χ1n) is 14.1. The number of aliphatic hydroxyl groups excluding tert-OH is 1. The van der Waals surface area contributed by atoms with E-state index < -0.39 is 14.4 Å². The first-order chi connectivity index (χ1) is 19.3. The van der Waals surface area contributed by atoms with Crippen molar-refractivity contribution < 1.29 is 19.1 Å². The Bertz CT molecular complexity index is 1430. The van der Waals surface area contributed by atoms with Crippen molar-refractivity contribution in [1.82, 2.24) is 0 Å². The quantitative estimate of drug-likeness (QED) is 0.160. The number of thiophene rings is 1. The molecule has 0 unspecified atom stereocenters. The summed E-state index contributed by atoms with van der Waals surface area (Å²) in [7, 11) is -2.86. The molecule has 6 heteroatoms. The highest BCUT2D eigenvalue weighted by Crippen LogP contribution is 2.45. The summed E-state index contributed by atoms with van der Waals surface area (Å²) in [6.45, 7) is 6.87. The zero-order valence-electron chi connectivity index (χ0n) is 23.2. The smallest absolute Gasteiger partial charge is 0.306 e. The molecule has 0 radical (unpaired) electrons. The highest BCUT2D eigenvalue weighted by Gasteiger charge is 2.52. The van der Waals surface area contributed by atoms with Gasteiger partial charge in [0.15, 0.2) is 0 Å². The molecule has 4 aromatic rings. The Morgan fingerprint density at radius 2 is 1.60 bits per heavy atom. The summed E-state index contributed by atoms with van der Waals surface area (Å²) in [5.41, 5.74) is 0. The van der Waals surface area contributed by atoms with E-state index in [0.29, 0.717) is 12.8 Å². The minimum atomic E-state index is -2.86. The van der Waals surface area contributed by atoms with Crippen molar-refractivity contribution in [1.29, 1.82) is 0 Å². The molecule has 5 atom stereocenters. The molecule has 206 valence electrons. The SMILES string of the molecule is CC(C)(C)[Si](O[C@H](C=C[C@@H]1[C@H]2CC(=O)O[C@H]2C[C@H]1O)c1cc2ccccc2s1)(c1ccccc1)c1ccccc1. The van der Waals surface area contributed by atoms with E-state index in [9.17, 15) is 9.90 Å². The van der Waals surface area contributed by atoms with Crippen LogP contribution in [0, 0.1) is 11.8 Å². The number of rotatable bonds is 7. The van der Waals surface area contributed by atoms with E-state index in [4.69, 9.17) is 9.16 Å². The third kappa shape index (κ3) is 4.88. The fourth-order valence-electron chi connectivity index (χ4n) is 6.63. The number of esters is 1. The van der Waals surface area contributed by atoms with Crippen molar-refractivity contribution in [3.05, 3.63) is 108 Å². The molecule has 40 heavy (non-hydrogen) atoms. The largest absolute Gasteiger partial charge is 0.462 e. The van der Waals surface area contributed by atoms with Gasteiger partial charge in [-0.25, -0.2) is 0 Å². The second kappa shape index (κ2) is 10.7. The Hall–Kier alpha value is -3.03. The highest BCUT2D eigenvalue weighted by molar-refractivity contribution is 7.19. The second-order valence-corrected chi connectivity index (χ2v) is 17.4. The maximum atomic E-state index is 12.0. The van der Waals surface area contributed by atoms with Crippen LogP contribution in [0.4, 0.5) is 0 Å². The van der Waals surface area contributed by atoms with Gasteiger partial charge in [0.05, 0.1) is 18.6 Å². The highest BCUT2D eigenvalue weighted by atomic mass is 32.1. The fourth-order valence-corrected chi connectivity index (χ4v) is 12.4. The van der Waals surface area contributed by atoms with Crippen LogP contribution in [0.1, 0.15) is 44.6 Å². The molecule has 2 heterocycles. The van der Waals surface area contributed by atoms with E-state index in [2.05, 4.69) is 124 Å². The summed E-state index contributed by atoms with van der Waals surface area (Å²) >= 11 is 1.75. The Morgan fingerprint density at radius 3 is 2.23 bits per heavy atom. The van der Waals surface area contributed by atoms with Crippen LogP contribution in [0.2, 0.25) is 5.04 Å². The van der Waals surface area contributed by atoms with Crippen molar-refractivity contribution in [2.24, 2.45) is 11.8 Å². The van der Waals surface area contributed by atoms with Gasteiger partial charge in [-0.05, 0) is 32.9 Å². The molecule has 1 aliphatic heterocycles. The normalized spacial score (nSPS) is 23.9. The first kappa shape index (κ1) is 27.2. The fraction of sp³-hybridized carbons (Fsp3) is 0.324. The van der Waals surface area contributed by atoms with Crippen molar-refractivity contribution >= 4 is 46.1 Å². The molecule has 1 saturated heterocycles. The van der Waals surface area contributed by atoms with Gasteiger partial charge in [-0.3, -0.25) is 4.79 Å². The predicted molar refractivity (Wildman–Crippen MR) is 165 cm³/mol. The maximum absolute atomic E-state index is 12.0. The average Bonchev–Trinajstić information content (AvgIpc) is 3.61. The zero-order valence-corrected chi connectivity index (χ0v) is 25.0. The molecule has 1 saturated carbocycles. The Morgan fingerprint density at radius 1 is 0.975 bits per heavy atom. The predicted octanol–water partition coefficient (Wildman–Crippen LogP) is 6.39. The minimum Gasteiger partial charge on any atom is -0.462 e. The molecule has 1 aromatic heterocycles. The number of carbonyl (C=O) groups is 1. The van der Waals surface area contributed by atoms with Crippen LogP contribution in [-0.2, 0) is 14.0 Å². The monoisotopic (exact) mass is 568 g/mol. The van der Waals surface area contributed by atoms with Crippen molar-refractivity contribution in [2.75, 3.05) is 0 Å². The number of hydrogen-bond acceptors (Lipinski definition) is 5. The molecule has 6 rings (SSSR count). The van der Waals surface area contributed by atoms with Crippen LogP contribution < -0.4 is 10.4 Å². The zero-order chi connectivity index (χ0) is 27.9. The van der Waals surface area contributed by atoms with Gasteiger partial charge in [0, 0.05) is 27.8 Å².